The molecule has 1 aromatic rings. The van der Waals surface area contributed by atoms with Crippen LogP contribution in [-0.4, -0.2) is 43.7 Å². The number of nitrogens with one attached hydrogen (secondary N) is 1. The number of rotatable bonds is 21. The van der Waals surface area contributed by atoms with Crippen LogP contribution in [0.15, 0.2) is 9.59 Å². The Morgan fingerprint density at radius 2 is 1.13 bits per heavy atom. The highest BCUT2D eigenvalue weighted by Crippen LogP contribution is 2.11. The van der Waals surface area contributed by atoms with Crippen molar-refractivity contribution < 1.29 is 9.59 Å². The van der Waals surface area contributed by atoms with Crippen molar-refractivity contribution in [2.45, 2.75) is 83.5 Å². The number of carbonyl (C=O) groups excluding carboxylic acids is 2. The fourth-order valence-electron chi connectivity index (χ4n) is 3.62. The Kier molecular flexibility index (Phi) is 14.5. The summed E-state index contributed by atoms with van der Waals surface area (Å²) in [5.74, 6) is 0. The topological polar surface area (TPSA) is 110 Å². The Hall–Kier alpha value is -2.02. The van der Waals surface area contributed by atoms with Crippen LogP contribution >= 0.6 is 0 Å². The van der Waals surface area contributed by atoms with Gasteiger partial charge in [-0.05, 0) is 51.7 Å². The first-order valence-electron chi connectivity index (χ1n) is 11.5. The van der Waals surface area contributed by atoms with Crippen molar-refractivity contribution in [2.75, 3.05) is 37.2 Å². The molecule has 0 radical (unpaired) electrons. The van der Waals surface area contributed by atoms with Crippen LogP contribution in [0.2, 0.25) is 0 Å². The summed E-state index contributed by atoms with van der Waals surface area (Å²) in [5.41, 5.74) is 4.79. The lowest BCUT2D eigenvalue weighted by Crippen LogP contribution is -2.37. The third-order valence-corrected chi connectivity index (χ3v) is 5.49. The summed E-state index contributed by atoms with van der Waals surface area (Å²) >= 11 is 0. The van der Waals surface area contributed by atoms with Gasteiger partial charge in [0.15, 0.2) is 0 Å². The van der Waals surface area contributed by atoms with Gasteiger partial charge in [-0.3, -0.25) is 9.59 Å². The van der Waals surface area contributed by atoms with Crippen molar-refractivity contribution in [3.05, 3.63) is 20.4 Å². The third kappa shape index (κ3) is 10.7. The zero-order chi connectivity index (χ0) is 22.0. The van der Waals surface area contributed by atoms with E-state index in [1.165, 1.54) is 25.7 Å². The molecule has 3 N–H and O–H groups in total. The van der Waals surface area contributed by atoms with Crippen LogP contribution in [0.5, 0.6) is 0 Å². The summed E-state index contributed by atoms with van der Waals surface area (Å²) < 4.78 is 0. The Morgan fingerprint density at radius 3 is 1.63 bits per heavy atom. The Morgan fingerprint density at radius 1 is 0.667 bits per heavy atom. The molecule has 7 heteroatoms. The molecule has 1 aromatic carbocycles. The van der Waals surface area contributed by atoms with Gasteiger partial charge in [-0.2, -0.15) is 0 Å². The molecule has 0 bridgehead atoms. The molecule has 0 fully saturated rings. The molecule has 0 unspecified atom stereocenters. The van der Waals surface area contributed by atoms with E-state index in [0.29, 0.717) is 19.4 Å². The van der Waals surface area contributed by atoms with Gasteiger partial charge in [-0.25, -0.2) is 0 Å². The van der Waals surface area contributed by atoms with Gasteiger partial charge in [0.25, 0.3) is 10.9 Å². The lowest BCUT2D eigenvalue weighted by Gasteiger charge is -2.22. The van der Waals surface area contributed by atoms with E-state index in [0.717, 1.165) is 77.2 Å². The zero-order valence-corrected chi connectivity index (χ0v) is 18.3. The predicted octanol–water partition coefficient (Wildman–Crippen LogP) is 3.05. The largest absolute Gasteiger partial charge is 0.394 e. The maximum atomic E-state index is 11.4. The molecular weight excluding hydrogens is 382 g/mol. The number of nitrogen functional groups attached to an aromatic ring is 1. The lowest BCUT2D eigenvalue weighted by atomic mass is 10.1. The van der Waals surface area contributed by atoms with Gasteiger partial charge in [0.05, 0.1) is 0 Å². The quantitative estimate of drug-likeness (QED) is 0.178. The normalized spacial score (nSPS) is 11.2. The maximum Gasteiger partial charge on any atom is 0.253 e. The van der Waals surface area contributed by atoms with Crippen LogP contribution in [-0.2, 0) is 9.59 Å². The highest BCUT2D eigenvalue weighted by Gasteiger charge is 2.16. The van der Waals surface area contributed by atoms with Crippen molar-refractivity contribution in [3.63, 3.8) is 0 Å². The van der Waals surface area contributed by atoms with E-state index in [1.807, 2.05) is 0 Å². The summed E-state index contributed by atoms with van der Waals surface area (Å²) in [6.45, 7) is 3.68. The predicted molar refractivity (Wildman–Crippen MR) is 123 cm³/mol. The summed E-state index contributed by atoms with van der Waals surface area (Å²) in [6, 6.07) is 0. The molecule has 7 nitrogen and oxygen atoms in total. The first-order valence-corrected chi connectivity index (χ1v) is 11.5. The average molecular weight is 422 g/mol. The summed E-state index contributed by atoms with van der Waals surface area (Å²) in [6.07, 6.45) is 15.4. The number of aldehydes is 2. The maximum absolute atomic E-state index is 11.4. The number of hydrogen-bond acceptors (Lipinski definition) is 7. The molecule has 0 aliphatic rings. The van der Waals surface area contributed by atoms with Gasteiger partial charge in [0.1, 0.15) is 23.9 Å². The van der Waals surface area contributed by atoms with E-state index in [1.54, 1.807) is 0 Å². The molecular formula is C23H39N3O4. The highest BCUT2D eigenvalue weighted by molar-refractivity contribution is 5.71. The molecule has 0 aliphatic heterocycles. The summed E-state index contributed by atoms with van der Waals surface area (Å²) in [4.78, 5) is 45.8. The van der Waals surface area contributed by atoms with Crippen molar-refractivity contribution >= 4 is 23.9 Å². The molecule has 1 rings (SSSR count). The van der Waals surface area contributed by atoms with E-state index in [4.69, 9.17) is 5.73 Å². The van der Waals surface area contributed by atoms with Gasteiger partial charge in [0.2, 0.25) is 0 Å². The SMILES string of the molecule is Nc1c(NCCCN(CCCCCCCC=O)CCCCCCCC=O)c(=O)c1=O. The molecule has 170 valence electrons. The van der Waals surface area contributed by atoms with Gasteiger partial charge in [-0.1, -0.05) is 38.5 Å². The number of carbonyl (C=O) groups is 2. The van der Waals surface area contributed by atoms with E-state index < -0.39 is 10.9 Å². The van der Waals surface area contributed by atoms with Gasteiger partial charge >= 0.3 is 0 Å². The van der Waals surface area contributed by atoms with E-state index >= 15 is 0 Å². The van der Waals surface area contributed by atoms with Crippen LogP contribution in [0.4, 0.5) is 11.4 Å². The fourth-order valence-corrected chi connectivity index (χ4v) is 3.62. The van der Waals surface area contributed by atoms with Gasteiger partial charge in [-0.15, -0.1) is 0 Å². The Bertz CT molecular complexity index is 646. The number of unbranched alkanes of at least 4 members (excludes halogenated alkanes) is 10. The smallest absolute Gasteiger partial charge is 0.253 e. The van der Waals surface area contributed by atoms with Crippen molar-refractivity contribution in [3.8, 4) is 0 Å². The first-order chi connectivity index (χ1) is 14.6. The Balaban J connectivity index is 2.24. The molecule has 0 saturated heterocycles. The molecule has 0 aromatic heterocycles. The van der Waals surface area contributed by atoms with Crippen LogP contribution < -0.4 is 21.9 Å². The average Bonchev–Trinajstić information content (AvgIpc) is 2.76. The number of nitrogens with two attached hydrogens (primary N) is 1. The summed E-state index contributed by atoms with van der Waals surface area (Å²) in [5, 5.41) is 3.00. The minimum atomic E-state index is -0.583. The van der Waals surface area contributed by atoms with E-state index in [-0.39, 0.29) is 11.4 Å². The van der Waals surface area contributed by atoms with Crippen molar-refractivity contribution in [1.29, 1.82) is 0 Å². The molecule has 0 atom stereocenters. The van der Waals surface area contributed by atoms with Gasteiger partial charge in [0, 0.05) is 19.4 Å². The standard InChI is InChI=1S/C23H39N3O4/c24-20-21(23(30)22(20)29)25-14-13-17-26(15-9-5-1-3-7-11-18-27)16-10-6-2-4-8-12-19-28/h18-19,25H,1-17,24H2. The Labute approximate surface area is 180 Å². The third-order valence-electron chi connectivity index (χ3n) is 5.49. The van der Waals surface area contributed by atoms with Crippen molar-refractivity contribution in [2.24, 2.45) is 0 Å². The molecule has 0 saturated carbocycles. The van der Waals surface area contributed by atoms with Crippen molar-refractivity contribution in [1.82, 2.24) is 4.90 Å². The monoisotopic (exact) mass is 421 g/mol. The second kappa shape index (κ2) is 16.7. The summed E-state index contributed by atoms with van der Waals surface area (Å²) in [7, 11) is 0. The fraction of sp³-hybridized carbons (Fsp3) is 0.739. The second-order valence-corrected chi connectivity index (χ2v) is 8.02. The van der Waals surface area contributed by atoms with E-state index in [2.05, 4.69) is 10.2 Å². The first kappa shape index (κ1) is 26.0. The molecule has 0 spiro atoms. The number of nitrogens with zero attached hydrogens (tertiary/aromatic N) is 1. The van der Waals surface area contributed by atoms with Crippen LogP contribution in [0.3, 0.4) is 0 Å². The molecule has 30 heavy (non-hydrogen) atoms. The van der Waals surface area contributed by atoms with Gasteiger partial charge < -0.3 is 25.5 Å². The van der Waals surface area contributed by atoms with Crippen LogP contribution in [0.1, 0.15) is 83.5 Å². The minimum absolute atomic E-state index is 0.0565. The zero-order valence-electron chi connectivity index (χ0n) is 18.3. The van der Waals surface area contributed by atoms with Crippen LogP contribution in [0, 0.1) is 0 Å². The number of anilines is 2. The number of hydrogen-bond donors (Lipinski definition) is 2. The lowest BCUT2D eigenvalue weighted by molar-refractivity contribution is -0.108. The molecule has 0 heterocycles. The molecule has 0 aliphatic carbocycles. The second-order valence-electron chi connectivity index (χ2n) is 8.02. The minimum Gasteiger partial charge on any atom is -0.394 e. The molecule has 0 amide bonds. The van der Waals surface area contributed by atoms with Crippen LogP contribution in [0.25, 0.3) is 0 Å². The highest BCUT2D eigenvalue weighted by atomic mass is 16.2. The van der Waals surface area contributed by atoms with E-state index in [9.17, 15) is 19.2 Å².